The number of aliphatic hydroxyl groups is 3. The predicted octanol–water partition coefficient (Wildman–Crippen LogP) is 2.58. The number of likely N-dealkylation sites (N-methyl/N-ethyl adjacent to an activating group) is 1. The minimum absolute atomic E-state index is 0.0163. The maximum Gasteiger partial charge on any atom is 0.225 e. The van der Waals surface area contributed by atoms with Crippen molar-refractivity contribution in [1.82, 2.24) is 20.2 Å². The van der Waals surface area contributed by atoms with E-state index in [0.717, 1.165) is 12.0 Å². The van der Waals surface area contributed by atoms with Crippen molar-refractivity contribution in [2.75, 3.05) is 13.6 Å². The quantitative estimate of drug-likeness (QED) is 0.386. The summed E-state index contributed by atoms with van der Waals surface area (Å²) in [7, 11) is 1.94. The maximum absolute atomic E-state index is 11.3. The van der Waals surface area contributed by atoms with E-state index >= 15 is 0 Å². The molecule has 0 amide bonds. The summed E-state index contributed by atoms with van der Waals surface area (Å²) in [6.07, 6.45) is 1.56. The van der Waals surface area contributed by atoms with E-state index in [4.69, 9.17) is 0 Å². The molecule has 0 aromatic heterocycles. The molecule has 0 radical (unpaired) electrons. The molecule has 184 valence electrons. The molecule has 1 aliphatic rings. The van der Waals surface area contributed by atoms with Gasteiger partial charge in [-0.25, -0.2) is 15.3 Å². The molecule has 1 aliphatic heterocycles. The van der Waals surface area contributed by atoms with Crippen molar-refractivity contribution in [3.63, 3.8) is 0 Å². The highest BCUT2D eigenvalue weighted by Crippen LogP contribution is 2.30. The van der Waals surface area contributed by atoms with E-state index in [1.54, 1.807) is 0 Å². The second-order valence-electron chi connectivity index (χ2n) is 10.3. The molecule has 0 aliphatic carbocycles. The van der Waals surface area contributed by atoms with Crippen molar-refractivity contribution >= 4 is 0 Å². The summed E-state index contributed by atoms with van der Waals surface area (Å²) in [6.45, 7) is 14.6. The molecule has 1 aromatic rings. The van der Waals surface area contributed by atoms with Gasteiger partial charge in [0, 0.05) is 32.1 Å². The van der Waals surface area contributed by atoms with E-state index in [9.17, 15) is 15.3 Å². The van der Waals surface area contributed by atoms with E-state index in [1.165, 1.54) is 0 Å². The molecule has 1 fully saturated rings. The number of aryl methyl sites for hydroxylation is 1. The van der Waals surface area contributed by atoms with Crippen LogP contribution >= 0.6 is 0 Å². The smallest absolute Gasteiger partial charge is 0.225 e. The molecular formula is C25H46N4O3. The van der Waals surface area contributed by atoms with Crippen molar-refractivity contribution in [3.05, 3.63) is 35.9 Å². The molecule has 1 saturated heterocycles. The average Bonchev–Trinajstić information content (AvgIpc) is 3.04. The van der Waals surface area contributed by atoms with Crippen molar-refractivity contribution in [2.45, 2.75) is 104 Å². The standard InChI is InChI=1S/C25H46N4O3/c1-9-18(2)20(4)28(25(31,32)16-15-22-13-11-10-12-14-22)17-19(3)29-21(5)26-27(8)23(29)24(6,7)30/h10-14,18-21,23,26,30-32H,9,15-17H2,1-8H3. The van der Waals surface area contributed by atoms with E-state index in [1.807, 2.05) is 61.1 Å². The molecule has 5 unspecified atom stereocenters. The van der Waals surface area contributed by atoms with Crippen molar-refractivity contribution in [1.29, 1.82) is 0 Å². The lowest BCUT2D eigenvalue weighted by molar-refractivity contribution is -0.284. The second-order valence-corrected chi connectivity index (χ2v) is 10.3. The third-order valence-electron chi connectivity index (χ3n) is 7.10. The zero-order chi connectivity index (χ0) is 24.3. The van der Waals surface area contributed by atoms with Gasteiger partial charge in [-0.1, -0.05) is 50.6 Å². The Labute approximate surface area is 195 Å². The number of nitrogens with one attached hydrogen (secondary N) is 1. The Morgan fingerprint density at radius 1 is 1.09 bits per heavy atom. The molecule has 32 heavy (non-hydrogen) atoms. The molecule has 2 rings (SSSR count). The summed E-state index contributed by atoms with van der Waals surface area (Å²) in [5, 5.41) is 35.3. The lowest BCUT2D eigenvalue weighted by atomic mass is 9.96. The van der Waals surface area contributed by atoms with Crippen LogP contribution in [0.5, 0.6) is 0 Å². The van der Waals surface area contributed by atoms with Crippen LogP contribution < -0.4 is 5.43 Å². The van der Waals surface area contributed by atoms with Crippen LogP contribution in [0.1, 0.15) is 66.9 Å². The fourth-order valence-corrected chi connectivity index (χ4v) is 5.07. The minimum atomic E-state index is -1.93. The van der Waals surface area contributed by atoms with Gasteiger partial charge < -0.3 is 15.3 Å². The number of hydrogen-bond acceptors (Lipinski definition) is 7. The highest BCUT2D eigenvalue weighted by Gasteiger charge is 2.47. The zero-order valence-electron chi connectivity index (χ0n) is 21.3. The lowest BCUT2D eigenvalue weighted by Gasteiger charge is -2.46. The summed E-state index contributed by atoms with van der Waals surface area (Å²) in [5.74, 6) is -1.63. The molecule has 0 saturated carbocycles. The van der Waals surface area contributed by atoms with E-state index < -0.39 is 11.5 Å². The van der Waals surface area contributed by atoms with Gasteiger partial charge in [0.05, 0.1) is 11.8 Å². The molecule has 1 heterocycles. The number of benzene rings is 1. The number of hydrazine groups is 1. The van der Waals surface area contributed by atoms with Gasteiger partial charge in [0.2, 0.25) is 5.91 Å². The van der Waals surface area contributed by atoms with E-state index in [0.29, 0.717) is 18.9 Å². The molecule has 0 bridgehead atoms. The molecule has 7 heteroatoms. The first kappa shape index (κ1) is 27.2. The normalized spacial score (nSPS) is 24.1. The fourth-order valence-electron chi connectivity index (χ4n) is 5.07. The first-order valence-corrected chi connectivity index (χ1v) is 12.0. The maximum atomic E-state index is 11.3. The molecular weight excluding hydrogens is 404 g/mol. The van der Waals surface area contributed by atoms with Crippen LogP contribution in [0.25, 0.3) is 0 Å². The van der Waals surface area contributed by atoms with Crippen molar-refractivity contribution < 1.29 is 15.3 Å². The summed E-state index contributed by atoms with van der Waals surface area (Å²) in [4.78, 5) is 4.07. The molecule has 0 spiro atoms. The number of nitrogens with zero attached hydrogens (tertiary/aromatic N) is 3. The Bertz CT molecular complexity index is 694. The first-order valence-electron chi connectivity index (χ1n) is 12.0. The van der Waals surface area contributed by atoms with Gasteiger partial charge in [-0.2, -0.15) is 0 Å². The van der Waals surface area contributed by atoms with Crippen LogP contribution in [0.4, 0.5) is 0 Å². The van der Waals surface area contributed by atoms with Gasteiger partial charge >= 0.3 is 0 Å². The molecule has 5 atom stereocenters. The average molecular weight is 451 g/mol. The monoisotopic (exact) mass is 450 g/mol. The molecule has 4 N–H and O–H groups in total. The Balaban J connectivity index is 2.26. The van der Waals surface area contributed by atoms with Gasteiger partial charge in [0.25, 0.3) is 0 Å². The SMILES string of the molecule is CCC(C)C(C)N(CC(C)N1C(C)NN(C)C1C(C)(C)O)C(O)(O)CCc1ccccc1. The molecule has 1 aromatic carbocycles. The van der Waals surface area contributed by atoms with Gasteiger partial charge in [-0.15, -0.1) is 0 Å². The minimum Gasteiger partial charge on any atom is -0.387 e. The van der Waals surface area contributed by atoms with Crippen molar-refractivity contribution in [3.8, 4) is 0 Å². The fraction of sp³-hybridized carbons (Fsp3) is 0.760. The third-order valence-corrected chi connectivity index (χ3v) is 7.10. The Hall–Kier alpha value is -1.06. The third kappa shape index (κ3) is 6.50. The largest absolute Gasteiger partial charge is 0.387 e. The summed E-state index contributed by atoms with van der Waals surface area (Å²) >= 11 is 0. The zero-order valence-corrected chi connectivity index (χ0v) is 21.3. The second kappa shape index (κ2) is 10.9. The highest BCUT2D eigenvalue weighted by atomic mass is 16.5. The van der Waals surface area contributed by atoms with Crippen LogP contribution in [-0.4, -0.2) is 79.6 Å². The van der Waals surface area contributed by atoms with Gasteiger partial charge in [0.1, 0.15) is 6.17 Å². The van der Waals surface area contributed by atoms with Crippen LogP contribution in [0.3, 0.4) is 0 Å². The van der Waals surface area contributed by atoms with E-state index in [-0.39, 0.29) is 30.8 Å². The number of rotatable bonds is 11. The highest BCUT2D eigenvalue weighted by molar-refractivity contribution is 5.14. The lowest BCUT2D eigenvalue weighted by Crippen LogP contribution is -2.62. The number of hydrogen-bond donors (Lipinski definition) is 4. The Morgan fingerprint density at radius 3 is 2.22 bits per heavy atom. The van der Waals surface area contributed by atoms with Gasteiger partial charge in [-0.3, -0.25) is 4.90 Å². The van der Waals surface area contributed by atoms with Gasteiger partial charge in [0.15, 0.2) is 0 Å². The van der Waals surface area contributed by atoms with Crippen LogP contribution in [0, 0.1) is 5.92 Å². The topological polar surface area (TPSA) is 82.4 Å². The summed E-state index contributed by atoms with van der Waals surface area (Å²) in [6, 6.07) is 9.91. The Kier molecular flexibility index (Phi) is 9.27. The van der Waals surface area contributed by atoms with Crippen LogP contribution in [0.15, 0.2) is 30.3 Å². The summed E-state index contributed by atoms with van der Waals surface area (Å²) < 4.78 is 0. The van der Waals surface area contributed by atoms with Crippen LogP contribution in [-0.2, 0) is 6.42 Å². The first-order chi connectivity index (χ1) is 14.8. The van der Waals surface area contributed by atoms with Gasteiger partial charge in [-0.05, 0) is 52.5 Å². The Morgan fingerprint density at radius 2 is 1.69 bits per heavy atom. The van der Waals surface area contributed by atoms with Crippen molar-refractivity contribution in [2.24, 2.45) is 5.92 Å². The summed E-state index contributed by atoms with van der Waals surface area (Å²) in [5.41, 5.74) is 3.52. The van der Waals surface area contributed by atoms with Crippen LogP contribution in [0.2, 0.25) is 0 Å². The predicted molar refractivity (Wildman–Crippen MR) is 129 cm³/mol. The van der Waals surface area contributed by atoms with E-state index in [2.05, 4.69) is 44.9 Å². The molecule has 7 nitrogen and oxygen atoms in total.